The van der Waals surface area contributed by atoms with Gasteiger partial charge in [-0.1, -0.05) is 12.8 Å². The van der Waals surface area contributed by atoms with E-state index in [4.69, 9.17) is 19.5 Å². The maximum Gasteiger partial charge on any atom is 0.451 e. The third-order valence-corrected chi connectivity index (χ3v) is 5.86. The third kappa shape index (κ3) is 5.44. The second-order valence-electron chi connectivity index (χ2n) is 9.15. The van der Waals surface area contributed by atoms with Crippen molar-refractivity contribution in [3.8, 4) is 0 Å². The summed E-state index contributed by atoms with van der Waals surface area (Å²) in [5.41, 5.74) is -1.88. The Morgan fingerprint density at radius 2 is 1.90 bits per heavy atom. The minimum atomic E-state index is -1.40. The van der Waals surface area contributed by atoms with Gasteiger partial charge in [0.2, 0.25) is 6.29 Å². The van der Waals surface area contributed by atoms with Gasteiger partial charge in [-0.3, -0.25) is 14.9 Å². The van der Waals surface area contributed by atoms with E-state index in [2.05, 4.69) is 5.32 Å². The molecule has 2 rings (SSSR count). The molecule has 30 heavy (non-hydrogen) atoms. The Morgan fingerprint density at radius 1 is 1.23 bits per heavy atom. The Kier molecular flexibility index (Phi) is 7.76. The largest absolute Gasteiger partial charge is 0.480 e. The van der Waals surface area contributed by atoms with Gasteiger partial charge in [0, 0.05) is 25.9 Å². The van der Waals surface area contributed by atoms with Crippen LogP contribution in [0.5, 0.6) is 0 Å². The SMILES string of the molecule is CC(OC(=O)N1CC[C@H]2[C@@H]1CN[C@@]2(CCCCB(O)O)C(=O)O)OC(=O)C(C)(C)C. The number of amides is 1. The first kappa shape index (κ1) is 24.4. The highest BCUT2D eigenvalue weighted by molar-refractivity contribution is 6.40. The number of likely N-dealkylation sites (tertiary alicyclic amines) is 1. The van der Waals surface area contributed by atoms with E-state index in [1.165, 1.54) is 11.8 Å². The van der Waals surface area contributed by atoms with Crippen LogP contribution in [0.2, 0.25) is 6.32 Å². The first-order valence-electron chi connectivity index (χ1n) is 10.4. The molecular weight excluding hydrogens is 395 g/mol. The Hall–Kier alpha value is -1.85. The van der Waals surface area contributed by atoms with Crippen LogP contribution < -0.4 is 5.32 Å². The number of carboxylic acids is 1. The molecule has 10 nitrogen and oxygen atoms in total. The number of carbonyl (C=O) groups is 3. The van der Waals surface area contributed by atoms with Crippen molar-refractivity contribution in [3.63, 3.8) is 0 Å². The van der Waals surface area contributed by atoms with Crippen molar-refractivity contribution in [1.29, 1.82) is 0 Å². The highest BCUT2D eigenvalue weighted by Crippen LogP contribution is 2.41. The van der Waals surface area contributed by atoms with Gasteiger partial charge in [0.05, 0.1) is 11.5 Å². The van der Waals surface area contributed by atoms with Crippen LogP contribution in [0.4, 0.5) is 4.79 Å². The molecule has 0 aromatic carbocycles. The zero-order valence-electron chi connectivity index (χ0n) is 18.1. The first-order valence-corrected chi connectivity index (χ1v) is 10.4. The van der Waals surface area contributed by atoms with Gasteiger partial charge in [-0.2, -0.15) is 0 Å². The van der Waals surface area contributed by atoms with Gasteiger partial charge in [-0.15, -0.1) is 0 Å². The number of fused-ring (bicyclic) bond motifs is 1. The van der Waals surface area contributed by atoms with Crippen LogP contribution >= 0.6 is 0 Å². The summed E-state index contributed by atoms with van der Waals surface area (Å²) in [7, 11) is -1.40. The summed E-state index contributed by atoms with van der Waals surface area (Å²) >= 11 is 0. The van der Waals surface area contributed by atoms with Crippen LogP contribution in [-0.4, -0.2) is 76.2 Å². The molecule has 0 aliphatic carbocycles. The smallest absolute Gasteiger partial charge is 0.451 e. The molecule has 2 saturated heterocycles. The predicted octanol–water partition coefficient (Wildman–Crippen LogP) is 0.819. The number of rotatable bonds is 8. The Bertz CT molecular complexity index is 653. The number of ether oxygens (including phenoxy) is 2. The fraction of sp³-hybridized carbons (Fsp3) is 0.842. The highest BCUT2D eigenvalue weighted by atomic mass is 16.7. The summed E-state index contributed by atoms with van der Waals surface area (Å²) in [6, 6.07) is -0.331. The predicted molar refractivity (Wildman–Crippen MR) is 107 cm³/mol. The fourth-order valence-corrected chi connectivity index (χ4v) is 4.23. The lowest BCUT2D eigenvalue weighted by Crippen LogP contribution is -2.52. The molecule has 170 valence electrons. The van der Waals surface area contributed by atoms with Crippen LogP contribution in [0.3, 0.4) is 0 Å². The molecular formula is C19H33BN2O8. The van der Waals surface area contributed by atoms with E-state index in [9.17, 15) is 19.5 Å². The average molecular weight is 428 g/mol. The van der Waals surface area contributed by atoms with Crippen LogP contribution in [0, 0.1) is 11.3 Å². The summed E-state index contributed by atoms with van der Waals surface area (Å²) in [6.07, 6.45) is 0.359. The lowest BCUT2D eigenvalue weighted by atomic mass is 9.77. The second kappa shape index (κ2) is 9.53. The molecule has 1 amide bonds. The van der Waals surface area contributed by atoms with Gasteiger partial charge < -0.3 is 29.5 Å². The summed E-state index contributed by atoms with van der Waals surface area (Å²) in [6.45, 7) is 7.26. The van der Waals surface area contributed by atoms with E-state index in [0.29, 0.717) is 38.8 Å². The number of unbranched alkanes of at least 4 members (excludes halogenated alkanes) is 1. The van der Waals surface area contributed by atoms with Crippen molar-refractivity contribution in [3.05, 3.63) is 0 Å². The van der Waals surface area contributed by atoms with Crippen LogP contribution in [0.1, 0.15) is 53.4 Å². The van der Waals surface area contributed by atoms with Crippen molar-refractivity contribution < 1.29 is 39.0 Å². The van der Waals surface area contributed by atoms with Gasteiger partial charge in [-0.25, -0.2) is 4.79 Å². The van der Waals surface area contributed by atoms with E-state index in [1.54, 1.807) is 20.8 Å². The molecule has 4 atom stereocenters. The van der Waals surface area contributed by atoms with Crippen molar-refractivity contribution in [2.75, 3.05) is 13.1 Å². The van der Waals surface area contributed by atoms with Gasteiger partial charge in [0.15, 0.2) is 0 Å². The molecule has 2 fully saturated rings. The normalized spacial score (nSPS) is 26.8. The zero-order chi connectivity index (χ0) is 22.7. The van der Waals surface area contributed by atoms with E-state index >= 15 is 0 Å². The van der Waals surface area contributed by atoms with E-state index in [-0.39, 0.29) is 18.3 Å². The topological polar surface area (TPSA) is 146 Å². The number of esters is 1. The molecule has 0 bridgehead atoms. The monoisotopic (exact) mass is 428 g/mol. The van der Waals surface area contributed by atoms with Crippen molar-refractivity contribution >= 4 is 25.2 Å². The maximum atomic E-state index is 12.6. The quantitative estimate of drug-likeness (QED) is 0.191. The third-order valence-electron chi connectivity index (χ3n) is 5.86. The maximum absolute atomic E-state index is 12.6. The van der Waals surface area contributed by atoms with Crippen LogP contribution in [-0.2, 0) is 19.1 Å². The molecule has 4 N–H and O–H groups in total. The van der Waals surface area contributed by atoms with Gasteiger partial charge >= 0.3 is 25.2 Å². The van der Waals surface area contributed by atoms with E-state index in [0.717, 1.165) is 0 Å². The number of nitrogens with zero attached hydrogens (tertiary/aromatic N) is 1. The van der Waals surface area contributed by atoms with Crippen molar-refractivity contribution in [2.24, 2.45) is 11.3 Å². The molecule has 2 aliphatic heterocycles. The number of carboxylic acid groups (broad SMARTS) is 1. The summed E-state index contributed by atoms with van der Waals surface area (Å²) < 4.78 is 10.4. The molecule has 0 aromatic rings. The summed E-state index contributed by atoms with van der Waals surface area (Å²) in [5, 5.41) is 30.9. The number of aliphatic carboxylic acids is 1. The lowest BCUT2D eigenvalue weighted by Gasteiger charge is -2.31. The first-order chi connectivity index (χ1) is 13.9. The molecule has 0 spiro atoms. The number of hydrogen-bond donors (Lipinski definition) is 4. The molecule has 2 aliphatic rings. The fourth-order valence-electron chi connectivity index (χ4n) is 4.23. The molecule has 0 aromatic heterocycles. The van der Waals surface area contributed by atoms with Crippen LogP contribution in [0.25, 0.3) is 0 Å². The molecule has 11 heteroatoms. The lowest BCUT2D eigenvalue weighted by molar-refractivity contribution is -0.175. The molecule has 1 unspecified atom stereocenters. The van der Waals surface area contributed by atoms with E-state index in [1.807, 2.05) is 0 Å². The molecule has 0 radical (unpaired) electrons. The van der Waals surface area contributed by atoms with Gasteiger partial charge in [-0.05, 0) is 39.9 Å². The van der Waals surface area contributed by atoms with Crippen LogP contribution in [0.15, 0.2) is 0 Å². The summed E-state index contributed by atoms with van der Waals surface area (Å²) in [5.74, 6) is -1.74. The molecule has 2 heterocycles. The summed E-state index contributed by atoms with van der Waals surface area (Å²) in [4.78, 5) is 38.2. The van der Waals surface area contributed by atoms with Gasteiger partial charge in [0.1, 0.15) is 5.54 Å². The number of hydrogen-bond acceptors (Lipinski definition) is 8. The Morgan fingerprint density at radius 3 is 2.47 bits per heavy atom. The number of carbonyl (C=O) groups excluding carboxylic acids is 2. The van der Waals surface area contributed by atoms with Gasteiger partial charge in [0.25, 0.3) is 0 Å². The number of nitrogens with one attached hydrogen (secondary N) is 1. The highest BCUT2D eigenvalue weighted by Gasteiger charge is 2.58. The average Bonchev–Trinajstić information content (AvgIpc) is 3.18. The Labute approximate surface area is 177 Å². The second-order valence-corrected chi connectivity index (χ2v) is 9.15. The van der Waals surface area contributed by atoms with E-state index < -0.39 is 42.4 Å². The minimum Gasteiger partial charge on any atom is -0.480 e. The standard InChI is InChI=1S/C19H33BN2O8/c1-12(29-16(25)18(2,3)4)30-17(26)22-10-7-13-14(22)11-21-19(13,15(23)24)8-5-6-9-20(27)28/h12-14,21,27-28H,5-11H2,1-4H3,(H,23,24)/t12?,13-,14-,19+/m0/s1. The zero-order valence-corrected chi connectivity index (χ0v) is 18.1. The van der Waals surface area contributed by atoms with Crippen molar-refractivity contribution in [1.82, 2.24) is 10.2 Å². The minimum absolute atomic E-state index is 0.188. The van der Waals surface area contributed by atoms with Crippen molar-refractivity contribution in [2.45, 2.75) is 77.6 Å². The Balaban J connectivity index is 1.97. The molecule has 0 saturated carbocycles.